The SMILES string of the molecule is Cc1ccc(CN2CC(C(=O)NCc3cccnc3N3CCN(C)CC3)CC2=O)cc1. The van der Waals surface area contributed by atoms with Crippen LogP contribution in [0, 0.1) is 12.8 Å². The molecule has 2 aliphatic heterocycles. The van der Waals surface area contributed by atoms with Crippen molar-refractivity contribution in [3.8, 4) is 0 Å². The highest BCUT2D eigenvalue weighted by atomic mass is 16.2. The van der Waals surface area contributed by atoms with Crippen LogP contribution in [0.15, 0.2) is 42.6 Å². The van der Waals surface area contributed by atoms with Gasteiger partial charge in [-0.2, -0.15) is 0 Å². The first-order chi connectivity index (χ1) is 15.0. The van der Waals surface area contributed by atoms with Crippen LogP contribution in [-0.2, 0) is 22.7 Å². The molecule has 31 heavy (non-hydrogen) atoms. The molecule has 0 bridgehead atoms. The third-order valence-electron chi connectivity index (χ3n) is 6.20. The summed E-state index contributed by atoms with van der Waals surface area (Å²) in [5.41, 5.74) is 3.30. The van der Waals surface area contributed by atoms with Crippen molar-refractivity contribution >= 4 is 17.6 Å². The van der Waals surface area contributed by atoms with Gasteiger partial charge in [0.2, 0.25) is 11.8 Å². The largest absolute Gasteiger partial charge is 0.354 e. The van der Waals surface area contributed by atoms with E-state index in [2.05, 4.69) is 27.1 Å². The average Bonchev–Trinajstić information content (AvgIpc) is 3.15. The summed E-state index contributed by atoms with van der Waals surface area (Å²) in [4.78, 5) is 36.2. The first-order valence-electron chi connectivity index (χ1n) is 11.0. The number of carbonyl (C=O) groups excluding carboxylic acids is 2. The Morgan fingerprint density at radius 3 is 2.61 bits per heavy atom. The number of piperazine rings is 1. The molecule has 0 spiro atoms. The van der Waals surface area contributed by atoms with E-state index in [0.717, 1.165) is 43.1 Å². The number of aryl methyl sites for hydroxylation is 1. The molecule has 7 heteroatoms. The molecule has 0 saturated carbocycles. The van der Waals surface area contributed by atoms with Gasteiger partial charge < -0.3 is 20.0 Å². The lowest BCUT2D eigenvalue weighted by atomic mass is 10.1. The number of nitrogens with one attached hydrogen (secondary N) is 1. The Bertz CT molecular complexity index is 922. The highest BCUT2D eigenvalue weighted by molar-refractivity contribution is 5.89. The molecule has 3 heterocycles. The van der Waals surface area contributed by atoms with Gasteiger partial charge in [-0.3, -0.25) is 9.59 Å². The summed E-state index contributed by atoms with van der Waals surface area (Å²) < 4.78 is 0. The van der Waals surface area contributed by atoms with Crippen LogP contribution in [0.2, 0.25) is 0 Å². The normalized spacial score (nSPS) is 19.7. The van der Waals surface area contributed by atoms with Gasteiger partial charge in [-0.15, -0.1) is 0 Å². The Kier molecular flexibility index (Phi) is 6.51. The highest BCUT2D eigenvalue weighted by Crippen LogP contribution is 2.22. The Morgan fingerprint density at radius 1 is 1.13 bits per heavy atom. The van der Waals surface area contributed by atoms with E-state index in [0.29, 0.717) is 19.6 Å². The van der Waals surface area contributed by atoms with Gasteiger partial charge in [-0.1, -0.05) is 35.9 Å². The molecular formula is C24H31N5O2. The molecular weight excluding hydrogens is 390 g/mol. The fraction of sp³-hybridized carbons (Fsp3) is 0.458. The number of nitrogens with zero attached hydrogens (tertiary/aromatic N) is 4. The van der Waals surface area contributed by atoms with Crippen LogP contribution in [0.25, 0.3) is 0 Å². The van der Waals surface area contributed by atoms with Gasteiger partial charge in [0.1, 0.15) is 5.82 Å². The zero-order chi connectivity index (χ0) is 21.8. The lowest BCUT2D eigenvalue weighted by Crippen LogP contribution is -2.45. The lowest BCUT2D eigenvalue weighted by molar-refractivity contribution is -0.129. The van der Waals surface area contributed by atoms with E-state index >= 15 is 0 Å². The molecule has 2 fully saturated rings. The number of hydrogen-bond donors (Lipinski definition) is 1. The number of amides is 2. The first-order valence-corrected chi connectivity index (χ1v) is 11.0. The first kappa shape index (κ1) is 21.3. The maximum absolute atomic E-state index is 12.8. The standard InChI is InChI=1S/C24H31N5O2/c1-18-5-7-19(8-6-18)16-29-17-21(14-22(29)30)24(31)26-15-20-4-3-9-25-23(20)28-12-10-27(2)11-13-28/h3-9,21H,10-17H2,1-2H3,(H,26,31). The topological polar surface area (TPSA) is 68.8 Å². The minimum atomic E-state index is -0.304. The van der Waals surface area contributed by atoms with Crippen molar-refractivity contribution < 1.29 is 9.59 Å². The van der Waals surface area contributed by atoms with E-state index in [4.69, 9.17) is 0 Å². The van der Waals surface area contributed by atoms with E-state index in [9.17, 15) is 9.59 Å². The fourth-order valence-electron chi connectivity index (χ4n) is 4.21. The Morgan fingerprint density at radius 2 is 1.87 bits per heavy atom. The van der Waals surface area contributed by atoms with Crippen LogP contribution in [0.5, 0.6) is 0 Å². The van der Waals surface area contributed by atoms with Crippen molar-refractivity contribution in [3.05, 3.63) is 59.3 Å². The molecule has 1 aromatic heterocycles. The minimum Gasteiger partial charge on any atom is -0.354 e. The average molecular weight is 422 g/mol. The molecule has 2 aromatic rings. The number of rotatable bonds is 6. The van der Waals surface area contributed by atoms with Crippen molar-refractivity contribution in [2.24, 2.45) is 5.92 Å². The van der Waals surface area contributed by atoms with Gasteiger partial charge in [-0.25, -0.2) is 4.98 Å². The zero-order valence-electron chi connectivity index (χ0n) is 18.4. The van der Waals surface area contributed by atoms with Gasteiger partial charge in [0, 0.05) is 64.0 Å². The Balaban J connectivity index is 1.33. The summed E-state index contributed by atoms with van der Waals surface area (Å²) in [6, 6.07) is 12.1. The summed E-state index contributed by atoms with van der Waals surface area (Å²) >= 11 is 0. The van der Waals surface area contributed by atoms with Gasteiger partial charge >= 0.3 is 0 Å². The number of likely N-dealkylation sites (N-methyl/N-ethyl adjacent to an activating group) is 1. The predicted octanol–water partition coefficient (Wildman–Crippen LogP) is 1.81. The van der Waals surface area contributed by atoms with Crippen molar-refractivity contribution in [2.45, 2.75) is 26.4 Å². The number of aromatic nitrogens is 1. The fourth-order valence-corrected chi connectivity index (χ4v) is 4.21. The molecule has 0 aliphatic carbocycles. The van der Waals surface area contributed by atoms with E-state index in [-0.39, 0.29) is 24.2 Å². The zero-order valence-corrected chi connectivity index (χ0v) is 18.4. The molecule has 1 aromatic carbocycles. The van der Waals surface area contributed by atoms with Crippen LogP contribution < -0.4 is 10.2 Å². The molecule has 0 radical (unpaired) electrons. The lowest BCUT2D eigenvalue weighted by Gasteiger charge is -2.34. The number of hydrogen-bond acceptors (Lipinski definition) is 5. The van der Waals surface area contributed by atoms with Crippen LogP contribution in [0.4, 0.5) is 5.82 Å². The molecule has 2 aliphatic rings. The number of benzene rings is 1. The number of carbonyl (C=O) groups is 2. The quantitative estimate of drug-likeness (QED) is 0.771. The summed E-state index contributed by atoms with van der Waals surface area (Å²) in [6.45, 7) is 7.36. The highest BCUT2D eigenvalue weighted by Gasteiger charge is 2.34. The van der Waals surface area contributed by atoms with E-state index in [1.807, 2.05) is 43.3 Å². The van der Waals surface area contributed by atoms with Gasteiger partial charge in [-0.05, 0) is 25.6 Å². The minimum absolute atomic E-state index is 0.0419. The van der Waals surface area contributed by atoms with Crippen molar-refractivity contribution in [3.63, 3.8) is 0 Å². The molecule has 1 atom stereocenters. The third-order valence-corrected chi connectivity index (χ3v) is 6.20. The van der Waals surface area contributed by atoms with Crippen LogP contribution in [0.1, 0.15) is 23.1 Å². The summed E-state index contributed by atoms with van der Waals surface area (Å²) in [6.07, 6.45) is 2.08. The molecule has 2 amide bonds. The monoisotopic (exact) mass is 421 g/mol. The summed E-state index contributed by atoms with van der Waals surface area (Å²) in [5.74, 6) is 0.620. The van der Waals surface area contributed by atoms with Gasteiger partial charge in [0.25, 0.3) is 0 Å². The van der Waals surface area contributed by atoms with E-state index in [1.54, 1.807) is 11.1 Å². The molecule has 1 N–H and O–H groups in total. The second-order valence-corrected chi connectivity index (χ2v) is 8.66. The van der Waals surface area contributed by atoms with Crippen LogP contribution >= 0.6 is 0 Å². The molecule has 1 unspecified atom stereocenters. The predicted molar refractivity (Wildman–Crippen MR) is 120 cm³/mol. The number of anilines is 1. The van der Waals surface area contributed by atoms with Gasteiger partial charge in [0.15, 0.2) is 0 Å². The van der Waals surface area contributed by atoms with Crippen LogP contribution in [-0.4, -0.2) is 66.4 Å². The second-order valence-electron chi connectivity index (χ2n) is 8.66. The summed E-state index contributed by atoms with van der Waals surface area (Å²) in [5, 5.41) is 3.05. The van der Waals surface area contributed by atoms with Crippen molar-refractivity contribution in [1.29, 1.82) is 0 Å². The third kappa shape index (κ3) is 5.22. The number of likely N-dealkylation sites (tertiary alicyclic amines) is 1. The molecule has 7 nitrogen and oxygen atoms in total. The molecule has 2 saturated heterocycles. The Hall–Kier alpha value is -2.93. The summed E-state index contributed by atoms with van der Waals surface area (Å²) in [7, 11) is 2.13. The van der Waals surface area contributed by atoms with E-state index in [1.165, 1.54) is 5.56 Å². The van der Waals surface area contributed by atoms with Crippen molar-refractivity contribution in [1.82, 2.24) is 20.1 Å². The maximum atomic E-state index is 12.8. The second kappa shape index (κ2) is 9.47. The maximum Gasteiger partial charge on any atom is 0.225 e. The van der Waals surface area contributed by atoms with Crippen LogP contribution in [0.3, 0.4) is 0 Å². The van der Waals surface area contributed by atoms with Gasteiger partial charge in [0.05, 0.1) is 5.92 Å². The molecule has 164 valence electrons. The smallest absolute Gasteiger partial charge is 0.225 e. The van der Waals surface area contributed by atoms with E-state index < -0.39 is 0 Å². The molecule has 4 rings (SSSR count). The van der Waals surface area contributed by atoms with Crippen molar-refractivity contribution in [2.75, 3.05) is 44.7 Å². The Labute approximate surface area is 184 Å². The number of pyridine rings is 1.